The van der Waals surface area contributed by atoms with Crippen molar-refractivity contribution in [2.75, 3.05) is 0 Å². The Bertz CT molecular complexity index is 464. The summed E-state index contributed by atoms with van der Waals surface area (Å²) in [6.45, 7) is 4.08. The summed E-state index contributed by atoms with van der Waals surface area (Å²) in [4.78, 5) is 4.32. The standard InChI is InChI=1S/C11H18N6O/c1-7(4-3-5-8(2)12)11-14-10(16-18-11)9-6-13-17-15-9/h6-8H,3-5,12H2,1-2H3,(H,13,15,17). The van der Waals surface area contributed by atoms with E-state index in [9.17, 15) is 0 Å². The van der Waals surface area contributed by atoms with Crippen molar-refractivity contribution in [2.45, 2.75) is 45.1 Å². The molecule has 98 valence electrons. The van der Waals surface area contributed by atoms with Gasteiger partial charge in [0.25, 0.3) is 0 Å². The number of hydrogen-bond acceptors (Lipinski definition) is 6. The molecule has 2 unspecified atom stereocenters. The molecule has 3 N–H and O–H groups in total. The van der Waals surface area contributed by atoms with Gasteiger partial charge in [-0.25, -0.2) is 0 Å². The number of H-pyrrole nitrogens is 1. The van der Waals surface area contributed by atoms with Crippen LogP contribution in [-0.2, 0) is 0 Å². The molecule has 0 aliphatic rings. The number of nitrogens with zero attached hydrogens (tertiary/aromatic N) is 4. The lowest BCUT2D eigenvalue weighted by Gasteiger charge is -2.07. The highest BCUT2D eigenvalue weighted by Crippen LogP contribution is 2.22. The minimum atomic E-state index is 0.233. The number of aromatic nitrogens is 5. The smallest absolute Gasteiger partial charge is 0.229 e. The molecule has 0 saturated carbocycles. The first-order chi connectivity index (χ1) is 8.66. The van der Waals surface area contributed by atoms with E-state index in [0.717, 1.165) is 19.3 Å². The first-order valence-electron chi connectivity index (χ1n) is 6.12. The predicted octanol–water partition coefficient (Wildman–Crippen LogP) is 1.48. The monoisotopic (exact) mass is 250 g/mol. The lowest BCUT2D eigenvalue weighted by Crippen LogP contribution is -2.14. The maximum atomic E-state index is 5.72. The molecule has 2 aromatic heterocycles. The van der Waals surface area contributed by atoms with Crippen LogP contribution < -0.4 is 5.73 Å². The van der Waals surface area contributed by atoms with Crippen molar-refractivity contribution in [3.63, 3.8) is 0 Å². The van der Waals surface area contributed by atoms with Gasteiger partial charge >= 0.3 is 0 Å². The number of nitrogens with two attached hydrogens (primary N) is 1. The molecule has 7 nitrogen and oxygen atoms in total. The Morgan fingerprint density at radius 1 is 1.39 bits per heavy atom. The number of rotatable bonds is 6. The Labute approximate surface area is 105 Å². The van der Waals surface area contributed by atoms with Crippen molar-refractivity contribution >= 4 is 0 Å². The summed E-state index contributed by atoms with van der Waals surface area (Å²) in [6.07, 6.45) is 4.62. The summed E-state index contributed by atoms with van der Waals surface area (Å²) in [5.74, 6) is 1.34. The molecule has 0 radical (unpaired) electrons. The van der Waals surface area contributed by atoms with Crippen LogP contribution in [0, 0.1) is 0 Å². The fourth-order valence-corrected chi connectivity index (χ4v) is 1.72. The highest BCUT2D eigenvalue weighted by atomic mass is 16.5. The lowest BCUT2D eigenvalue weighted by molar-refractivity contribution is 0.349. The third kappa shape index (κ3) is 3.13. The van der Waals surface area contributed by atoms with Crippen LogP contribution in [0.5, 0.6) is 0 Å². The van der Waals surface area contributed by atoms with Gasteiger partial charge in [0.2, 0.25) is 11.7 Å². The molecule has 0 fully saturated rings. The third-order valence-electron chi connectivity index (χ3n) is 2.80. The molecule has 0 aliphatic heterocycles. The van der Waals surface area contributed by atoms with Crippen LogP contribution in [0.2, 0.25) is 0 Å². The zero-order chi connectivity index (χ0) is 13.0. The van der Waals surface area contributed by atoms with Crippen molar-refractivity contribution in [3.8, 4) is 11.5 Å². The van der Waals surface area contributed by atoms with Gasteiger partial charge in [0.05, 0.1) is 6.20 Å². The fourth-order valence-electron chi connectivity index (χ4n) is 1.72. The summed E-state index contributed by atoms with van der Waals surface area (Å²) in [6, 6.07) is 0.241. The SMILES string of the molecule is CC(N)CCCC(C)c1nc(-c2cn[nH]n2)no1. The van der Waals surface area contributed by atoms with Gasteiger partial charge in [-0.05, 0) is 19.8 Å². The van der Waals surface area contributed by atoms with Crippen LogP contribution in [0.4, 0.5) is 0 Å². The van der Waals surface area contributed by atoms with Crippen LogP contribution in [0.15, 0.2) is 10.7 Å². The van der Waals surface area contributed by atoms with E-state index in [1.165, 1.54) is 0 Å². The Kier molecular flexibility index (Phi) is 4.03. The molecule has 2 atom stereocenters. The van der Waals surface area contributed by atoms with E-state index in [0.29, 0.717) is 17.4 Å². The molecule has 18 heavy (non-hydrogen) atoms. The molecule has 2 rings (SSSR count). The van der Waals surface area contributed by atoms with Gasteiger partial charge in [-0.15, -0.1) is 0 Å². The Balaban J connectivity index is 1.93. The summed E-state index contributed by atoms with van der Waals surface area (Å²) in [7, 11) is 0. The van der Waals surface area contributed by atoms with E-state index in [2.05, 4.69) is 32.5 Å². The van der Waals surface area contributed by atoms with E-state index in [4.69, 9.17) is 10.3 Å². The van der Waals surface area contributed by atoms with Crippen molar-refractivity contribution in [1.82, 2.24) is 25.6 Å². The van der Waals surface area contributed by atoms with E-state index < -0.39 is 0 Å². The first-order valence-corrected chi connectivity index (χ1v) is 6.12. The van der Waals surface area contributed by atoms with E-state index in [-0.39, 0.29) is 12.0 Å². The average molecular weight is 250 g/mol. The minimum Gasteiger partial charge on any atom is -0.339 e. The van der Waals surface area contributed by atoms with Gasteiger partial charge in [-0.3, -0.25) is 0 Å². The van der Waals surface area contributed by atoms with E-state index in [1.807, 2.05) is 6.92 Å². The molecular weight excluding hydrogens is 232 g/mol. The summed E-state index contributed by atoms with van der Waals surface area (Å²) >= 11 is 0. The van der Waals surface area contributed by atoms with Gasteiger partial charge < -0.3 is 10.3 Å². The molecule has 2 aromatic rings. The van der Waals surface area contributed by atoms with Crippen LogP contribution in [0.3, 0.4) is 0 Å². The Morgan fingerprint density at radius 2 is 2.22 bits per heavy atom. The molecule has 0 aliphatic carbocycles. The van der Waals surface area contributed by atoms with E-state index in [1.54, 1.807) is 6.20 Å². The third-order valence-corrected chi connectivity index (χ3v) is 2.80. The van der Waals surface area contributed by atoms with Crippen LogP contribution >= 0.6 is 0 Å². The minimum absolute atomic E-state index is 0.233. The van der Waals surface area contributed by atoms with Crippen molar-refractivity contribution in [3.05, 3.63) is 12.1 Å². The Morgan fingerprint density at radius 3 is 2.89 bits per heavy atom. The maximum Gasteiger partial charge on any atom is 0.229 e. The second kappa shape index (κ2) is 5.72. The van der Waals surface area contributed by atoms with Crippen molar-refractivity contribution in [2.24, 2.45) is 5.73 Å². The quantitative estimate of drug-likeness (QED) is 0.804. The van der Waals surface area contributed by atoms with Gasteiger partial charge in [0.1, 0.15) is 0 Å². The zero-order valence-corrected chi connectivity index (χ0v) is 10.6. The lowest BCUT2D eigenvalue weighted by atomic mass is 10.0. The highest BCUT2D eigenvalue weighted by molar-refractivity contribution is 5.44. The molecule has 0 aromatic carbocycles. The molecular formula is C11H18N6O. The molecule has 0 amide bonds. The first kappa shape index (κ1) is 12.7. The summed E-state index contributed by atoms with van der Waals surface area (Å²) in [5, 5.41) is 14.0. The van der Waals surface area contributed by atoms with Gasteiger partial charge in [-0.1, -0.05) is 18.5 Å². The largest absolute Gasteiger partial charge is 0.339 e. The topological polar surface area (TPSA) is 107 Å². The summed E-state index contributed by atoms with van der Waals surface area (Å²) in [5.41, 5.74) is 6.31. The molecule has 2 heterocycles. The van der Waals surface area contributed by atoms with E-state index >= 15 is 0 Å². The predicted molar refractivity (Wildman–Crippen MR) is 65.6 cm³/mol. The number of aromatic amines is 1. The molecule has 0 saturated heterocycles. The molecule has 0 spiro atoms. The van der Waals surface area contributed by atoms with Gasteiger partial charge in [-0.2, -0.15) is 20.4 Å². The highest BCUT2D eigenvalue weighted by Gasteiger charge is 2.16. The second-order valence-corrected chi connectivity index (χ2v) is 4.62. The second-order valence-electron chi connectivity index (χ2n) is 4.62. The zero-order valence-electron chi connectivity index (χ0n) is 10.6. The average Bonchev–Trinajstić information content (AvgIpc) is 2.99. The van der Waals surface area contributed by atoms with Gasteiger partial charge in [0.15, 0.2) is 5.69 Å². The van der Waals surface area contributed by atoms with Crippen LogP contribution in [-0.4, -0.2) is 31.6 Å². The van der Waals surface area contributed by atoms with Crippen molar-refractivity contribution < 1.29 is 4.52 Å². The van der Waals surface area contributed by atoms with Crippen molar-refractivity contribution in [1.29, 1.82) is 0 Å². The fraction of sp³-hybridized carbons (Fsp3) is 0.636. The number of hydrogen-bond donors (Lipinski definition) is 2. The number of nitrogens with one attached hydrogen (secondary N) is 1. The summed E-state index contributed by atoms with van der Waals surface area (Å²) < 4.78 is 5.23. The van der Waals surface area contributed by atoms with Gasteiger partial charge in [0, 0.05) is 12.0 Å². The normalized spacial score (nSPS) is 14.6. The van der Waals surface area contributed by atoms with Crippen LogP contribution in [0.25, 0.3) is 11.5 Å². The maximum absolute atomic E-state index is 5.72. The Hall–Kier alpha value is -1.76. The van der Waals surface area contributed by atoms with Crippen LogP contribution in [0.1, 0.15) is 44.9 Å². The molecule has 7 heteroatoms. The molecule has 0 bridgehead atoms.